The fraction of sp³-hybridized carbons (Fsp3) is 0.235. The van der Waals surface area contributed by atoms with Gasteiger partial charge in [-0.05, 0) is 24.3 Å². The summed E-state index contributed by atoms with van der Waals surface area (Å²) < 4.78 is 16.7. The molecule has 5 nitrogen and oxygen atoms in total. The molecule has 2 aromatic carbocycles. The van der Waals surface area contributed by atoms with E-state index in [1.165, 1.54) is 0 Å². The third kappa shape index (κ3) is 4.13. The summed E-state index contributed by atoms with van der Waals surface area (Å²) in [5.74, 6) is 1.42. The van der Waals surface area contributed by atoms with Crippen molar-refractivity contribution >= 4 is 33.4 Å². The second-order valence-corrected chi connectivity index (χ2v) is 6.15. The van der Waals surface area contributed by atoms with Gasteiger partial charge < -0.3 is 19.5 Å². The van der Waals surface area contributed by atoms with Gasteiger partial charge in [0.1, 0.15) is 5.75 Å². The lowest BCUT2D eigenvalue weighted by molar-refractivity contribution is 0.0950. The zero-order valence-corrected chi connectivity index (χ0v) is 15.8. The Morgan fingerprint density at radius 3 is 2.29 bits per heavy atom. The highest BCUT2D eigenvalue weighted by Gasteiger charge is 2.15. The number of benzene rings is 2. The third-order valence-electron chi connectivity index (χ3n) is 3.40. The Bertz CT molecular complexity index is 752. The molecule has 0 unspecified atom stereocenters. The van der Waals surface area contributed by atoms with Crippen LogP contribution in [0, 0.1) is 0 Å². The summed E-state index contributed by atoms with van der Waals surface area (Å²) in [6.45, 7) is 0.255. The van der Waals surface area contributed by atoms with Gasteiger partial charge in [-0.3, -0.25) is 4.79 Å². The van der Waals surface area contributed by atoms with E-state index in [1.807, 2.05) is 0 Å². The van der Waals surface area contributed by atoms with Crippen molar-refractivity contribution in [1.82, 2.24) is 5.32 Å². The van der Waals surface area contributed by atoms with Crippen LogP contribution in [0.15, 0.2) is 34.8 Å². The lowest BCUT2D eigenvalue weighted by Gasteiger charge is -2.15. The highest BCUT2D eigenvalue weighted by Crippen LogP contribution is 2.34. The van der Waals surface area contributed by atoms with E-state index in [0.29, 0.717) is 27.8 Å². The van der Waals surface area contributed by atoms with Gasteiger partial charge in [-0.25, -0.2) is 0 Å². The molecule has 7 heteroatoms. The van der Waals surface area contributed by atoms with Crippen molar-refractivity contribution in [3.63, 3.8) is 0 Å². The molecule has 0 aliphatic heterocycles. The normalized spacial score (nSPS) is 10.2. The van der Waals surface area contributed by atoms with Gasteiger partial charge in [0, 0.05) is 22.6 Å². The Labute approximate surface area is 154 Å². The molecule has 0 aliphatic rings. The molecule has 0 aromatic heterocycles. The molecule has 0 aliphatic carbocycles. The van der Waals surface area contributed by atoms with E-state index in [9.17, 15) is 4.79 Å². The number of carbonyl (C=O) groups excluding carboxylic acids is 1. The number of carbonyl (C=O) groups is 1. The number of methoxy groups -OCH3 is 3. The van der Waals surface area contributed by atoms with Crippen molar-refractivity contribution in [2.75, 3.05) is 21.3 Å². The van der Waals surface area contributed by atoms with Crippen molar-refractivity contribution in [1.29, 1.82) is 0 Å². The number of halogens is 2. The van der Waals surface area contributed by atoms with E-state index in [0.717, 1.165) is 10.0 Å². The highest BCUT2D eigenvalue weighted by atomic mass is 79.9. The molecule has 0 spiro atoms. The molecule has 2 rings (SSSR count). The lowest BCUT2D eigenvalue weighted by atomic mass is 10.1. The van der Waals surface area contributed by atoms with Crippen LogP contribution in [-0.2, 0) is 6.54 Å². The molecule has 24 heavy (non-hydrogen) atoms. The molecule has 0 saturated heterocycles. The Hall–Kier alpha value is -1.92. The maximum Gasteiger partial charge on any atom is 0.253 e. The van der Waals surface area contributed by atoms with Gasteiger partial charge in [0.15, 0.2) is 11.5 Å². The van der Waals surface area contributed by atoms with Crippen LogP contribution in [-0.4, -0.2) is 27.2 Å². The van der Waals surface area contributed by atoms with Crippen LogP contribution < -0.4 is 19.5 Å². The number of hydrogen-bond donors (Lipinski definition) is 1. The van der Waals surface area contributed by atoms with Gasteiger partial charge in [-0.15, -0.1) is 0 Å². The number of hydrogen-bond acceptors (Lipinski definition) is 4. The first-order chi connectivity index (χ1) is 11.5. The van der Waals surface area contributed by atoms with E-state index in [4.69, 9.17) is 25.8 Å². The Morgan fingerprint density at radius 1 is 1.04 bits per heavy atom. The molecule has 128 valence electrons. The van der Waals surface area contributed by atoms with Crippen molar-refractivity contribution in [3.8, 4) is 17.2 Å². The van der Waals surface area contributed by atoms with Crippen LogP contribution in [0.5, 0.6) is 17.2 Å². The molecule has 2 aromatic rings. The van der Waals surface area contributed by atoms with Gasteiger partial charge in [0.2, 0.25) is 0 Å². The topological polar surface area (TPSA) is 56.8 Å². The molecule has 0 heterocycles. The first-order valence-corrected chi connectivity index (χ1v) is 8.19. The SMILES string of the molecule is COc1cc(OC)c(OC)cc1CNC(=O)c1cc(Br)ccc1Cl. The molecule has 1 N–H and O–H groups in total. The molecule has 0 atom stereocenters. The summed E-state index contributed by atoms with van der Waals surface area (Å²) in [6.07, 6.45) is 0. The number of ether oxygens (including phenoxy) is 3. The second kappa shape index (κ2) is 8.26. The Balaban J connectivity index is 2.22. The first-order valence-electron chi connectivity index (χ1n) is 7.02. The van der Waals surface area contributed by atoms with Gasteiger partial charge in [0.05, 0.1) is 31.9 Å². The number of rotatable bonds is 6. The number of amides is 1. The van der Waals surface area contributed by atoms with Crippen LogP contribution in [0.25, 0.3) is 0 Å². The monoisotopic (exact) mass is 413 g/mol. The summed E-state index contributed by atoms with van der Waals surface area (Å²) in [7, 11) is 4.65. The largest absolute Gasteiger partial charge is 0.496 e. The van der Waals surface area contributed by atoms with Gasteiger partial charge >= 0.3 is 0 Å². The van der Waals surface area contributed by atoms with E-state index in [-0.39, 0.29) is 12.5 Å². The van der Waals surface area contributed by atoms with Crippen molar-refractivity contribution in [2.45, 2.75) is 6.54 Å². The molecule has 0 radical (unpaired) electrons. The average molecular weight is 415 g/mol. The first kappa shape index (κ1) is 18.4. The van der Waals surface area contributed by atoms with Crippen LogP contribution in [0.3, 0.4) is 0 Å². The van der Waals surface area contributed by atoms with Crippen LogP contribution in [0.1, 0.15) is 15.9 Å². The summed E-state index contributed by atoms with van der Waals surface area (Å²) in [4.78, 5) is 12.4. The summed E-state index contributed by atoms with van der Waals surface area (Å²) in [5.41, 5.74) is 1.15. The minimum atomic E-state index is -0.280. The standard InChI is InChI=1S/C17H17BrClNO4/c1-22-14-8-16(24-3)15(23-2)6-10(14)9-20-17(21)12-7-11(18)4-5-13(12)19/h4-8H,9H2,1-3H3,(H,20,21). The minimum absolute atomic E-state index is 0.255. The third-order valence-corrected chi connectivity index (χ3v) is 4.22. The maximum atomic E-state index is 12.4. The smallest absolute Gasteiger partial charge is 0.253 e. The fourth-order valence-electron chi connectivity index (χ4n) is 2.17. The van der Waals surface area contributed by atoms with Crippen molar-refractivity contribution in [2.24, 2.45) is 0 Å². The Morgan fingerprint density at radius 2 is 1.67 bits per heavy atom. The summed E-state index contributed by atoms with van der Waals surface area (Å²) in [6, 6.07) is 8.59. The van der Waals surface area contributed by atoms with Gasteiger partial charge in [-0.1, -0.05) is 27.5 Å². The van der Waals surface area contributed by atoms with Gasteiger partial charge in [0.25, 0.3) is 5.91 Å². The molecular weight excluding hydrogens is 398 g/mol. The van der Waals surface area contributed by atoms with Crippen molar-refractivity contribution in [3.05, 3.63) is 51.0 Å². The van der Waals surface area contributed by atoms with E-state index in [2.05, 4.69) is 21.2 Å². The quantitative estimate of drug-likeness (QED) is 0.774. The summed E-state index contributed by atoms with van der Waals surface area (Å²) in [5, 5.41) is 3.21. The fourth-order valence-corrected chi connectivity index (χ4v) is 2.74. The second-order valence-electron chi connectivity index (χ2n) is 4.83. The predicted molar refractivity (Wildman–Crippen MR) is 96.4 cm³/mol. The lowest BCUT2D eigenvalue weighted by Crippen LogP contribution is -2.23. The van der Waals surface area contributed by atoms with Crippen LogP contribution in [0.2, 0.25) is 5.02 Å². The predicted octanol–water partition coefficient (Wildman–Crippen LogP) is 4.06. The van der Waals surface area contributed by atoms with Crippen molar-refractivity contribution < 1.29 is 19.0 Å². The van der Waals surface area contributed by atoms with E-state index in [1.54, 1.807) is 51.7 Å². The number of nitrogens with one attached hydrogen (secondary N) is 1. The van der Waals surface area contributed by atoms with E-state index >= 15 is 0 Å². The Kier molecular flexibility index (Phi) is 6.34. The van der Waals surface area contributed by atoms with Crippen LogP contribution in [0.4, 0.5) is 0 Å². The molecule has 0 fully saturated rings. The zero-order valence-electron chi connectivity index (χ0n) is 13.5. The zero-order chi connectivity index (χ0) is 17.7. The summed E-state index contributed by atoms with van der Waals surface area (Å²) >= 11 is 9.40. The molecule has 0 bridgehead atoms. The molecule has 1 amide bonds. The maximum absolute atomic E-state index is 12.4. The minimum Gasteiger partial charge on any atom is -0.496 e. The average Bonchev–Trinajstić information content (AvgIpc) is 2.60. The van der Waals surface area contributed by atoms with E-state index < -0.39 is 0 Å². The molecule has 0 saturated carbocycles. The van der Waals surface area contributed by atoms with Crippen LogP contribution >= 0.6 is 27.5 Å². The van der Waals surface area contributed by atoms with Gasteiger partial charge in [-0.2, -0.15) is 0 Å². The highest BCUT2D eigenvalue weighted by molar-refractivity contribution is 9.10. The molecular formula is C17H17BrClNO4.